The third-order valence-corrected chi connectivity index (χ3v) is 3.75. The lowest BCUT2D eigenvalue weighted by Gasteiger charge is -2.22. The van der Waals surface area contributed by atoms with E-state index in [1.165, 1.54) is 0 Å². The molecule has 0 bridgehead atoms. The summed E-state index contributed by atoms with van der Waals surface area (Å²) in [5.41, 5.74) is 8.19. The minimum Gasteiger partial charge on any atom is -0.368 e. The van der Waals surface area contributed by atoms with E-state index in [4.69, 9.17) is 5.73 Å². The van der Waals surface area contributed by atoms with Gasteiger partial charge in [0.25, 0.3) is 0 Å². The molecule has 1 aliphatic heterocycles. The Labute approximate surface area is 150 Å². The van der Waals surface area contributed by atoms with Gasteiger partial charge in [0.1, 0.15) is 5.84 Å². The predicted octanol–water partition coefficient (Wildman–Crippen LogP) is 1.62. The lowest BCUT2D eigenvalue weighted by molar-refractivity contribution is -0.132. The topological polar surface area (TPSA) is 70.7 Å². The summed E-state index contributed by atoms with van der Waals surface area (Å²) in [7, 11) is 0. The molecular weight excluding hydrogens is 335 g/mol. The monoisotopic (exact) mass is 360 g/mol. The predicted molar refractivity (Wildman–Crippen MR) is 100.0 cm³/mol. The molecular formula is C16H26Cl2N4O. The van der Waals surface area contributed by atoms with Crippen molar-refractivity contribution < 1.29 is 4.79 Å². The molecule has 0 aliphatic carbocycles. The molecule has 1 aromatic carbocycles. The van der Waals surface area contributed by atoms with Gasteiger partial charge in [-0.1, -0.05) is 24.3 Å². The number of nitrogens with two attached hydrogens (primary N) is 1. The van der Waals surface area contributed by atoms with Crippen molar-refractivity contribution in [2.45, 2.75) is 26.3 Å². The van der Waals surface area contributed by atoms with E-state index in [2.05, 4.69) is 10.3 Å². The van der Waals surface area contributed by atoms with Crippen molar-refractivity contribution in [1.82, 2.24) is 10.2 Å². The van der Waals surface area contributed by atoms with Gasteiger partial charge in [-0.25, -0.2) is 0 Å². The van der Waals surface area contributed by atoms with Crippen LogP contribution >= 0.6 is 24.8 Å². The molecule has 7 heteroatoms. The highest BCUT2D eigenvalue weighted by atomic mass is 35.5. The van der Waals surface area contributed by atoms with E-state index < -0.39 is 6.04 Å². The van der Waals surface area contributed by atoms with Crippen LogP contribution in [0.25, 0.3) is 0 Å². The van der Waals surface area contributed by atoms with Crippen LogP contribution in [0.3, 0.4) is 0 Å². The number of carbonyl (C=O) groups is 1. The highest BCUT2D eigenvalue weighted by Gasteiger charge is 2.19. The number of benzene rings is 1. The van der Waals surface area contributed by atoms with Crippen molar-refractivity contribution >= 4 is 36.6 Å². The molecule has 0 radical (unpaired) electrons. The zero-order valence-corrected chi connectivity index (χ0v) is 15.3. The van der Waals surface area contributed by atoms with Crippen LogP contribution in [0.4, 0.5) is 0 Å². The Morgan fingerprint density at radius 1 is 1.26 bits per heavy atom. The third-order valence-electron chi connectivity index (χ3n) is 3.75. The molecule has 1 atom stereocenters. The fourth-order valence-electron chi connectivity index (χ4n) is 2.50. The van der Waals surface area contributed by atoms with Crippen LogP contribution in [-0.4, -0.2) is 48.9 Å². The van der Waals surface area contributed by atoms with Crippen molar-refractivity contribution in [3.05, 3.63) is 35.4 Å². The van der Waals surface area contributed by atoms with Gasteiger partial charge in [-0.3, -0.25) is 9.79 Å². The molecule has 0 saturated carbocycles. The number of likely N-dealkylation sites (N-methyl/N-ethyl adjacent to an activating group) is 1. The van der Waals surface area contributed by atoms with Crippen molar-refractivity contribution in [2.24, 2.45) is 10.7 Å². The van der Waals surface area contributed by atoms with Crippen LogP contribution in [0.5, 0.6) is 0 Å². The average Bonchev–Trinajstić information content (AvgIpc) is 3.03. The average molecular weight is 361 g/mol. The molecule has 2 rings (SSSR count). The number of hydrogen-bond donors (Lipinski definition) is 2. The van der Waals surface area contributed by atoms with Crippen molar-refractivity contribution in [1.29, 1.82) is 0 Å². The Morgan fingerprint density at radius 3 is 2.35 bits per heavy atom. The molecule has 1 heterocycles. The largest absolute Gasteiger partial charge is 0.368 e. The maximum Gasteiger partial charge on any atom is 0.239 e. The fourth-order valence-corrected chi connectivity index (χ4v) is 2.50. The first-order valence-corrected chi connectivity index (χ1v) is 7.57. The molecule has 3 N–H and O–H groups in total. The van der Waals surface area contributed by atoms with E-state index >= 15 is 0 Å². The summed E-state index contributed by atoms with van der Waals surface area (Å²) < 4.78 is 0. The number of aliphatic imine (C=N–C) groups is 1. The maximum atomic E-state index is 12.2. The number of amidine groups is 1. The quantitative estimate of drug-likeness (QED) is 0.809. The second kappa shape index (κ2) is 10.5. The molecule has 1 amide bonds. The minimum absolute atomic E-state index is 0. The molecule has 0 saturated heterocycles. The molecule has 5 nitrogen and oxygen atoms in total. The number of carbonyl (C=O) groups excluding carboxylic acids is 1. The zero-order valence-electron chi connectivity index (χ0n) is 13.6. The Balaban J connectivity index is 0.00000242. The Hall–Kier alpha value is -1.30. The molecule has 23 heavy (non-hydrogen) atoms. The van der Waals surface area contributed by atoms with Crippen LogP contribution in [-0.2, 0) is 11.2 Å². The van der Waals surface area contributed by atoms with Crippen LogP contribution in [0.2, 0.25) is 0 Å². The smallest absolute Gasteiger partial charge is 0.239 e. The third kappa shape index (κ3) is 5.68. The Bertz CT molecular complexity index is 515. The van der Waals surface area contributed by atoms with Crippen molar-refractivity contribution in [3.63, 3.8) is 0 Å². The molecule has 130 valence electrons. The summed E-state index contributed by atoms with van der Waals surface area (Å²) in [5, 5.41) is 3.25. The summed E-state index contributed by atoms with van der Waals surface area (Å²) in [4.78, 5) is 18.3. The summed E-state index contributed by atoms with van der Waals surface area (Å²) in [6.07, 6.45) is 0.565. The Kier molecular flexibility index (Phi) is 9.88. The van der Waals surface area contributed by atoms with Crippen molar-refractivity contribution in [3.8, 4) is 0 Å². The van der Waals surface area contributed by atoms with Gasteiger partial charge >= 0.3 is 0 Å². The summed E-state index contributed by atoms with van der Waals surface area (Å²) in [6, 6.07) is 7.63. The summed E-state index contributed by atoms with van der Waals surface area (Å²) >= 11 is 0. The molecule has 1 aliphatic rings. The number of hydrogen-bond acceptors (Lipinski definition) is 4. The van der Waals surface area contributed by atoms with Gasteiger partial charge in [-0.2, -0.15) is 0 Å². The number of halogens is 2. The lowest BCUT2D eigenvalue weighted by Crippen LogP contribution is -2.44. The van der Waals surface area contributed by atoms with E-state index in [0.717, 1.165) is 30.1 Å². The number of nitrogens with one attached hydrogen (secondary N) is 1. The number of nitrogens with zero attached hydrogens (tertiary/aromatic N) is 2. The van der Waals surface area contributed by atoms with Gasteiger partial charge in [0.15, 0.2) is 0 Å². The molecule has 1 unspecified atom stereocenters. The molecule has 1 aromatic rings. The fraction of sp³-hybridized carbons (Fsp3) is 0.500. The van der Waals surface area contributed by atoms with E-state index in [1.54, 1.807) is 4.90 Å². The first-order chi connectivity index (χ1) is 10.2. The van der Waals surface area contributed by atoms with Gasteiger partial charge < -0.3 is 16.0 Å². The van der Waals surface area contributed by atoms with E-state index in [0.29, 0.717) is 19.5 Å². The van der Waals surface area contributed by atoms with Crippen LogP contribution < -0.4 is 11.1 Å². The van der Waals surface area contributed by atoms with E-state index in [1.807, 2.05) is 38.1 Å². The SMILES string of the molecule is CCN(CC)C(=O)C(N)Cc1ccc(C2=NCCN2)cc1.Cl.Cl. The first-order valence-electron chi connectivity index (χ1n) is 7.57. The maximum absolute atomic E-state index is 12.2. The molecule has 0 aromatic heterocycles. The van der Waals surface area contributed by atoms with Crippen LogP contribution in [0.1, 0.15) is 25.0 Å². The van der Waals surface area contributed by atoms with E-state index in [9.17, 15) is 4.79 Å². The summed E-state index contributed by atoms with van der Waals surface area (Å²) in [5.74, 6) is 0.968. The number of amides is 1. The second-order valence-corrected chi connectivity index (χ2v) is 5.18. The van der Waals surface area contributed by atoms with Gasteiger partial charge in [0.05, 0.1) is 12.6 Å². The first kappa shape index (κ1) is 21.7. The normalized spacial score (nSPS) is 14.0. The van der Waals surface area contributed by atoms with Crippen LogP contribution in [0.15, 0.2) is 29.3 Å². The number of rotatable bonds is 6. The zero-order chi connectivity index (χ0) is 15.2. The Morgan fingerprint density at radius 2 is 1.87 bits per heavy atom. The standard InChI is InChI=1S/C16H24N4O.2ClH/c1-3-20(4-2)16(21)14(17)11-12-5-7-13(8-6-12)15-18-9-10-19-15;;/h5-8,14H,3-4,9-11,17H2,1-2H3,(H,18,19);2*1H. The highest BCUT2D eigenvalue weighted by molar-refractivity contribution is 5.99. The highest BCUT2D eigenvalue weighted by Crippen LogP contribution is 2.09. The van der Waals surface area contributed by atoms with Gasteiger partial charge in [0.2, 0.25) is 5.91 Å². The van der Waals surface area contributed by atoms with Crippen LogP contribution in [0, 0.1) is 0 Å². The minimum atomic E-state index is -0.474. The lowest BCUT2D eigenvalue weighted by atomic mass is 10.0. The van der Waals surface area contributed by atoms with Gasteiger partial charge in [-0.05, 0) is 25.8 Å². The van der Waals surface area contributed by atoms with Crippen molar-refractivity contribution in [2.75, 3.05) is 26.2 Å². The van der Waals surface area contributed by atoms with Gasteiger partial charge in [-0.15, -0.1) is 24.8 Å². The second-order valence-electron chi connectivity index (χ2n) is 5.18. The summed E-state index contributed by atoms with van der Waals surface area (Å²) in [6.45, 7) is 7.08. The molecule has 0 fully saturated rings. The molecule has 0 spiro atoms. The van der Waals surface area contributed by atoms with Gasteiger partial charge in [0, 0.05) is 25.2 Å². The van der Waals surface area contributed by atoms with E-state index in [-0.39, 0.29) is 30.7 Å².